The van der Waals surface area contributed by atoms with E-state index in [4.69, 9.17) is 11.6 Å². The van der Waals surface area contributed by atoms with Gasteiger partial charge in [-0.25, -0.2) is 21.6 Å². The van der Waals surface area contributed by atoms with Gasteiger partial charge in [-0.05, 0) is 73.6 Å². The molecule has 2 aromatic rings. The van der Waals surface area contributed by atoms with Gasteiger partial charge in [0.15, 0.2) is 0 Å². The number of halogens is 1. The van der Waals surface area contributed by atoms with E-state index in [9.17, 15) is 16.8 Å². The summed E-state index contributed by atoms with van der Waals surface area (Å²) in [5.41, 5.74) is 0.867. The van der Waals surface area contributed by atoms with Gasteiger partial charge in [-0.1, -0.05) is 55.8 Å². The summed E-state index contributed by atoms with van der Waals surface area (Å²) in [4.78, 5) is 0.201. The van der Waals surface area contributed by atoms with Gasteiger partial charge in [0.25, 0.3) is 0 Å². The van der Waals surface area contributed by atoms with Crippen LogP contribution < -0.4 is 4.72 Å². The zero-order chi connectivity index (χ0) is 24.2. The molecule has 2 aliphatic carbocycles. The van der Waals surface area contributed by atoms with Crippen molar-refractivity contribution < 1.29 is 16.8 Å². The van der Waals surface area contributed by atoms with Crippen LogP contribution in [0.2, 0.25) is 5.02 Å². The molecular weight excluding hydrogens is 492 g/mol. The highest BCUT2D eigenvalue weighted by atomic mass is 35.5. The molecule has 0 heterocycles. The van der Waals surface area contributed by atoms with Gasteiger partial charge in [0.1, 0.15) is 0 Å². The molecule has 0 amide bonds. The van der Waals surface area contributed by atoms with E-state index in [-0.39, 0.29) is 22.4 Å². The van der Waals surface area contributed by atoms with E-state index in [1.54, 1.807) is 16.4 Å². The first-order valence-corrected chi connectivity index (χ1v) is 15.4. The van der Waals surface area contributed by atoms with Crippen molar-refractivity contribution >= 4 is 31.6 Å². The average Bonchev–Trinajstić information content (AvgIpc) is 3.37. The van der Waals surface area contributed by atoms with Gasteiger partial charge >= 0.3 is 0 Å². The summed E-state index contributed by atoms with van der Waals surface area (Å²) in [6.45, 7) is 0.687. The molecule has 2 aliphatic rings. The Morgan fingerprint density at radius 3 is 1.94 bits per heavy atom. The lowest BCUT2D eigenvalue weighted by molar-refractivity contribution is 0.316. The van der Waals surface area contributed by atoms with Crippen molar-refractivity contribution in [2.75, 3.05) is 6.54 Å². The monoisotopic (exact) mass is 524 g/mol. The highest BCUT2D eigenvalue weighted by molar-refractivity contribution is 7.89. The fraction of sp³-hybridized carbons (Fsp3) is 0.520. The topological polar surface area (TPSA) is 83.5 Å². The molecule has 186 valence electrons. The van der Waals surface area contributed by atoms with Crippen molar-refractivity contribution in [3.63, 3.8) is 0 Å². The van der Waals surface area contributed by atoms with Gasteiger partial charge in [0.2, 0.25) is 20.0 Å². The number of hydrogen-bond donors (Lipinski definition) is 1. The molecule has 2 fully saturated rings. The van der Waals surface area contributed by atoms with Crippen molar-refractivity contribution in [1.29, 1.82) is 0 Å². The van der Waals surface area contributed by atoms with Crippen molar-refractivity contribution in [3.05, 3.63) is 59.1 Å². The summed E-state index contributed by atoms with van der Waals surface area (Å²) in [5, 5.41) is 0.605. The molecule has 2 saturated carbocycles. The van der Waals surface area contributed by atoms with Gasteiger partial charge in [-0.3, -0.25) is 0 Å². The molecule has 0 unspecified atom stereocenters. The van der Waals surface area contributed by atoms with E-state index in [1.165, 1.54) is 30.7 Å². The Labute approximate surface area is 208 Å². The maximum atomic E-state index is 13.6. The predicted octanol–water partition coefficient (Wildman–Crippen LogP) is 5.33. The molecule has 0 aliphatic heterocycles. The van der Waals surface area contributed by atoms with Gasteiger partial charge in [0.05, 0.1) is 9.79 Å². The molecule has 34 heavy (non-hydrogen) atoms. The standard InChI is InChI=1S/C25H33ClN2O4S2/c26-22-12-10-21(11-13-22)19-28(23-8-4-5-9-23)34(31,32)25-16-14-24(15-17-25)33(29,30)27-18-20-6-2-1-3-7-20/h10-17,20,23,27H,1-9,18-19H2. The van der Waals surface area contributed by atoms with Gasteiger partial charge in [-0.15, -0.1) is 0 Å². The fourth-order valence-corrected chi connectivity index (χ4v) is 7.92. The first kappa shape index (κ1) is 25.6. The minimum absolute atomic E-state index is 0.0683. The molecule has 4 rings (SSSR count). The third kappa shape index (κ3) is 6.21. The summed E-state index contributed by atoms with van der Waals surface area (Å²) in [6.07, 6.45) is 9.25. The lowest BCUT2D eigenvalue weighted by Crippen LogP contribution is -2.38. The molecule has 0 aromatic heterocycles. The van der Waals surface area contributed by atoms with E-state index in [1.807, 2.05) is 12.1 Å². The molecular formula is C25H33ClN2O4S2. The minimum atomic E-state index is -3.80. The van der Waals surface area contributed by atoms with Crippen LogP contribution in [-0.4, -0.2) is 33.7 Å². The second-order valence-electron chi connectivity index (χ2n) is 9.44. The number of sulfonamides is 2. The molecule has 2 aromatic carbocycles. The van der Waals surface area contributed by atoms with Crippen molar-refractivity contribution in [2.45, 2.75) is 80.2 Å². The quantitative estimate of drug-likeness (QED) is 0.480. The molecule has 0 radical (unpaired) electrons. The van der Waals surface area contributed by atoms with Gasteiger partial charge in [-0.2, -0.15) is 4.31 Å². The summed E-state index contributed by atoms with van der Waals surface area (Å²) in [6, 6.07) is 12.7. The largest absolute Gasteiger partial charge is 0.243 e. The van der Waals surface area contributed by atoms with E-state index in [2.05, 4.69) is 4.72 Å². The molecule has 0 atom stereocenters. The first-order chi connectivity index (χ1) is 16.3. The average molecular weight is 525 g/mol. The molecule has 1 N–H and O–H groups in total. The minimum Gasteiger partial charge on any atom is -0.211 e. The molecule has 6 nitrogen and oxygen atoms in total. The van der Waals surface area contributed by atoms with Crippen LogP contribution >= 0.6 is 11.6 Å². The lowest BCUT2D eigenvalue weighted by atomic mass is 9.90. The van der Waals surface area contributed by atoms with E-state index in [0.717, 1.165) is 56.9 Å². The van der Waals surface area contributed by atoms with Gasteiger partial charge < -0.3 is 0 Å². The van der Waals surface area contributed by atoms with Crippen LogP contribution in [0.1, 0.15) is 63.4 Å². The Kier molecular flexibility index (Phi) is 8.36. The van der Waals surface area contributed by atoms with Crippen LogP contribution in [0.25, 0.3) is 0 Å². The van der Waals surface area contributed by atoms with E-state index >= 15 is 0 Å². The Balaban J connectivity index is 1.51. The predicted molar refractivity (Wildman–Crippen MR) is 135 cm³/mol. The lowest BCUT2D eigenvalue weighted by Gasteiger charge is -2.28. The smallest absolute Gasteiger partial charge is 0.211 e. The highest BCUT2D eigenvalue weighted by Gasteiger charge is 2.33. The Hall–Kier alpha value is -1.45. The number of rotatable bonds is 9. The third-order valence-corrected chi connectivity index (χ3v) is 10.6. The summed E-state index contributed by atoms with van der Waals surface area (Å²) >= 11 is 5.99. The van der Waals surface area contributed by atoms with Crippen LogP contribution in [0, 0.1) is 5.92 Å². The Morgan fingerprint density at radius 2 is 1.32 bits per heavy atom. The fourth-order valence-electron chi connectivity index (χ4n) is 5.00. The molecule has 0 spiro atoms. The second-order valence-corrected chi connectivity index (χ2v) is 13.5. The second kappa shape index (κ2) is 11.1. The first-order valence-electron chi connectivity index (χ1n) is 12.1. The Morgan fingerprint density at radius 1 is 0.765 bits per heavy atom. The Bertz CT molecular complexity index is 1150. The van der Waals surface area contributed by atoms with Gasteiger partial charge in [0, 0.05) is 24.2 Å². The molecule has 9 heteroatoms. The zero-order valence-corrected chi connectivity index (χ0v) is 21.7. The van der Waals surface area contributed by atoms with E-state index < -0.39 is 20.0 Å². The zero-order valence-electron chi connectivity index (χ0n) is 19.3. The number of benzene rings is 2. The maximum absolute atomic E-state index is 13.6. The van der Waals surface area contributed by atoms with Crippen LogP contribution in [0.15, 0.2) is 58.3 Å². The SMILES string of the molecule is O=S(=O)(NCC1CCCCC1)c1ccc(S(=O)(=O)N(Cc2ccc(Cl)cc2)C2CCCC2)cc1. The van der Waals surface area contributed by atoms with E-state index in [0.29, 0.717) is 17.5 Å². The van der Waals surface area contributed by atoms with Crippen LogP contribution in [-0.2, 0) is 26.6 Å². The molecule has 0 saturated heterocycles. The number of nitrogens with one attached hydrogen (secondary N) is 1. The van der Waals surface area contributed by atoms with Crippen LogP contribution in [0.4, 0.5) is 0 Å². The number of nitrogens with zero attached hydrogens (tertiary/aromatic N) is 1. The van der Waals surface area contributed by atoms with Crippen molar-refractivity contribution in [1.82, 2.24) is 9.03 Å². The van der Waals surface area contributed by atoms with Crippen LogP contribution in [0.3, 0.4) is 0 Å². The van der Waals surface area contributed by atoms with Crippen molar-refractivity contribution in [3.8, 4) is 0 Å². The number of hydrogen-bond acceptors (Lipinski definition) is 4. The highest BCUT2D eigenvalue weighted by Crippen LogP contribution is 2.31. The van der Waals surface area contributed by atoms with Crippen LogP contribution in [0.5, 0.6) is 0 Å². The summed E-state index contributed by atoms with van der Waals surface area (Å²) in [7, 11) is -7.48. The van der Waals surface area contributed by atoms with Crippen molar-refractivity contribution in [2.24, 2.45) is 5.92 Å². The maximum Gasteiger partial charge on any atom is 0.243 e. The summed E-state index contributed by atoms with van der Waals surface area (Å²) < 4.78 is 57.0. The summed E-state index contributed by atoms with van der Waals surface area (Å²) in [5.74, 6) is 0.371. The normalized spacial score (nSPS) is 18.5. The molecule has 0 bridgehead atoms. The third-order valence-electron chi connectivity index (χ3n) is 7.01.